The third-order valence-corrected chi connectivity index (χ3v) is 3.84. The first kappa shape index (κ1) is 16.7. The first-order valence-electron chi connectivity index (χ1n) is 8.08. The van der Waals surface area contributed by atoms with Gasteiger partial charge in [0, 0.05) is 32.0 Å². The monoisotopic (exact) mass is 306 g/mol. The molecule has 1 aliphatic rings. The van der Waals surface area contributed by atoms with Crippen molar-refractivity contribution in [3.05, 3.63) is 17.5 Å². The Labute approximate surface area is 132 Å². The van der Waals surface area contributed by atoms with Crippen molar-refractivity contribution in [2.75, 3.05) is 25.6 Å². The topological polar surface area (TPSA) is 76.1 Å². The first-order valence-corrected chi connectivity index (χ1v) is 8.08. The molecule has 122 valence electrons. The van der Waals surface area contributed by atoms with Crippen LogP contribution in [0.15, 0.2) is 6.07 Å². The van der Waals surface area contributed by atoms with E-state index in [1.807, 2.05) is 6.92 Å². The van der Waals surface area contributed by atoms with E-state index in [1.54, 1.807) is 13.2 Å². The lowest BCUT2D eigenvalue weighted by molar-refractivity contribution is 0.0943. The van der Waals surface area contributed by atoms with E-state index in [2.05, 4.69) is 20.6 Å². The number of aryl methyl sites for hydroxylation is 1. The van der Waals surface area contributed by atoms with E-state index in [1.165, 1.54) is 19.3 Å². The summed E-state index contributed by atoms with van der Waals surface area (Å²) in [5, 5.41) is 6.23. The van der Waals surface area contributed by atoms with Crippen LogP contribution in [0.2, 0.25) is 0 Å². The molecule has 1 heterocycles. The van der Waals surface area contributed by atoms with E-state index >= 15 is 0 Å². The summed E-state index contributed by atoms with van der Waals surface area (Å²) in [6, 6.07) is 2.14. The Morgan fingerprint density at radius 3 is 2.82 bits per heavy atom. The number of carbonyl (C=O) groups excluding carboxylic acids is 1. The Morgan fingerprint density at radius 1 is 1.32 bits per heavy atom. The van der Waals surface area contributed by atoms with Gasteiger partial charge in [-0.15, -0.1) is 0 Å². The SMILES string of the molecule is COCCCNC(=O)c1cc(C)nc(NC2CCCCC2)n1. The molecule has 6 nitrogen and oxygen atoms in total. The summed E-state index contributed by atoms with van der Waals surface area (Å²) in [4.78, 5) is 20.9. The largest absolute Gasteiger partial charge is 0.385 e. The van der Waals surface area contributed by atoms with Crippen molar-refractivity contribution in [1.29, 1.82) is 0 Å². The minimum Gasteiger partial charge on any atom is -0.385 e. The second kappa shape index (κ2) is 8.68. The van der Waals surface area contributed by atoms with Crippen molar-refractivity contribution in [2.45, 2.75) is 51.5 Å². The standard InChI is InChI=1S/C16H26N4O2/c1-12-11-14(15(21)17-9-6-10-22-2)20-16(18-12)19-13-7-4-3-5-8-13/h11,13H,3-10H2,1-2H3,(H,17,21)(H,18,19,20). The zero-order valence-electron chi connectivity index (χ0n) is 13.5. The van der Waals surface area contributed by atoms with Crippen LogP contribution in [0.4, 0.5) is 5.95 Å². The van der Waals surface area contributed by atoms with Crippen LogP contribution in [0.3, 0.4) is 0 Å². The van der Waals surface area contributed by atoms with Gasteiger partial charge < -0.3 is 15.4 Å². The molecule has 22 heavy (non-hydrogen) atoms. The minimum absolute atomic E-state index is 0.159. The molecular formula is C16H26N4O2. The normalized spacial score (nSPS) is 15.5. The van der Waals surface area contributed by atoms with Crippen molar-refractivity contribution in [3.63, 3.8) is 0 Å². The number of amides is 1. The van der Waals surface area contributed by atoms with Gasteiger partial charge in [-0.05, 0) is 32.3 Å². The van der Waals surface area contributed by atoms with Crippen molar-refractivity contribution in [1.82, 2.24) is 15.3 Å². The van der Waals surface area contributed by atoms with Gasteiger partial charge in [0.1, 0.15) is 5.69 Å². The van der Waals surface area contributed by atoms with Crippen molar-refractivity contribution >= 4 is 11.9 Å². The van der Waals surface area contributed by atoms with Gasteiger partial charge in [0.15, 0.2) is 0 Å². The van der Waals surface area contributed by atoms with E-state index < -0.39 is 0 Å². The molecule has 0 bridgehead atoms. The zero-order chi connectivity index (χ0) is 15.8. The number of ether oxygens (including phenoxy) is 1. The fourth-order valence-electron chi connectivity index (χ4n) is 2.69. The second-order valence-corrected chi connectivity index (χ2v) is 5.80. The molecular weight excluding hydrogens is 280 g/mol. The van der Waals surface area contributed by atoms with E-state index in [-0.39, 0.29) is 5.91 Å². The van der Waals surface area contributed by atoms with Crippen molar-refractivity contribution in [2.24, 2.45) is 0 Å². The fraction of sp³-hybridized carbons (Fsp3) is 0.688. The van der Waals surface area contributed by atoms with Gasteiger partial charge in [-0.2, -0.15) is 0 Å². The van der Waals surface area contributed by atoms with E-state index in [0.29, 0.717) is 30.8 Å². The lowest BCUT2D eigenvalue weighted by Crippen LogP contribution is -2.28. The van der Waals surface area contributed by atoms with Crippen LogP contribution < -0.4 is 10.6 Å². The number of nitrogens with zero attached hydrogens (tertiary/aromatic N) is 2. The molecule has 0 aliphatic heterocycles. The summed E-state index contributed by atoms with van der Waals surface area (Å²) in [6.45, 7) is 3.11. The summed E-state index contributed by atoms with van der Waals surface area (Å²) in [5.74, 6) is 0.405. The lowest BCUT2D eigenvalue weighted by atomic mass is 9.96. The molecule has 1 aromatic heterocycles. The third-order valence-electron chi connectivity index (χ3n) is 3.84. The predicted molar refractivity (Wildman–Crippen MR) is 86.1 cm³/mol. The number of methoxy groups -OCH3 is 1. The number of hydrogen-bond donors (Lipinski definition) is 2. The highest BCUT2D eigenvalue weighted by Crippen LogP contribution is 2.20. The number of hydrogen-bond acceptors (Lipinski definition) is 5. The molecule has 0 atom stereocenters. The Balaban J connectivity index is 1.94. The molecule has 1 aromatic rings. The van der Waals surface area contributed by atoms with Gasteiger partial charge in [-0.3, -0.25) is 4.79 Å². The fourth-order valence-corrected chi connectivity index (χ4v) is 2.69. The summed E-state index contributed by atoms with van der Waals surface area (Å²) in [6.07, 6.45) is 6.89. The third kappa shape index (κ3) is 5.26. The van der Waals surface area contributed by atoms with Crippen LogP contribution in [0.5, 0.6) is 0 Å². The molecule has 0 spiro atoms. The Kier molecular flexibility index (Phi) is 6.58. The van der Waals surface area contributed by atoms with Crippen LogP contribution >= 0.6 is 0 Å². The molecule has 6 heteroatoms. The van der Waals surface area contributed by atoms with Gasteiger partial charge >= 0.3 is 0 Å². The predicted octanol–water partition coefficient (Wildman–Crippen LogP) is 2.30. The van der Waals surface area contributed by atoms with Gasteiger partial charge in [0.2, 0.25) is 5.95 Å². The van der Waals surface area contributed by atoms with Crippen LogP contribution in [-0.2, 0) is 4.74 Å². The number of aromatic nitrogens is 2. The van der Waals surface area contributed by atoms with Gasteiger partial charge in [0.25, 0.3) is 5.91 Å². The molecule has 1 saturated carbocycles. The maximum atomic E-state index is 12.1. The van der Waals surface area contributed by atoms with E-state index in [4.69, 9.17) is 4.74 Å². The highest BCUT2D eigenvalue weighted by molar-refractivity contribution is 5.92. The van der Waals surface area contributed by atoms with Crippen LogP contribution in [0, 0.1) is 6.92 Å². The van der Waals surface area contributed by atoms with Crippen LogP contribution in [0.1, 0.15) is 54.7 Å². The van der Waals surface area contributed by atoms with Gasteiger partial charge in [-0.1, -0.05) is 19.3 Å². The first-order chi connectivity index (χ1) is 10.7. The molecule has 2 N–H and O–H groups in total. The number of anilines is 1. The molecule has 1 aliphatic carbocycles. The smallest absolute Gasteiger partial charge is 0.270 e. The zero-order valence-corrected chi connectivity index (χ0v) is 13.5. The minimum atomic E-state index is -0.159. The molecule has 1 amide bonds. The molecule has 0 unspecified atom stereocenters. The summed E-state index contributed by atoms with van der Waals surface area (Å²) in [5.41, 5.74) is 1.22. The van der Waals surface area contributed by atoms with E-state index in [0.717, 1.165) is 25.0 Å². The second-order valence-electron chi connectivity index (χ2n) is 5.80. The molecule has 0 aromatic carbocycles. The van der Waals surface area contributed by atoms with Crippen LogP contribution in [-0.4, -0.2) is 42.2 Å². The number of rotatable bonds is 7. The van der Waals surface area contributed by atoms with Crippen LogP contribution in [0.25, 0.3) is 0 Å². The molecule has 0 saturated heterocycles. The highest BCUT2D eigenvalue weighted by Gasteiger charge is 2.16. The van der Waals surface area contributed by atoms with Gasteiger partial charge in [-0.25, -0.2) is 9.97 Å². The van der Waals surface area contributed by atoms with Gasteiger partial charge in [0.05, 0.1) is 0 Å². The maximum Gasteiger partial charge on any atom is 0.270 e. The van der Waals surface area contributed by atoms with Crippen molar-refractivity contribution in [3.8, 4) is 0 Å². The number of nitrogens with one attached hydrogen (secondary N) is 2. The average Bonchev–Trinajstić information content (AvgIpc) is 2.52. The average molecular weight is 306 g/mol. The Morgan fingerprint density at radius 2 is 2.09 bits per heavy atom. The lowest BCUT2D eigenvalue weighted by Gasteiger charge is -2.23. The highest BCUT2D eigenvalue weighted by atomic mass is 16.5. The summed E-state index contributed by atoms with van der Waals surface area (Å²) < 4.78 is 4.97. The maximum absolute atomic E-state index is 12.1. The summed E-state index contributed by atoms with van der Waals surface area (Å²) >= 11 is 0. The Bertz CT molecular complexity index is 487. The quantitative estimate of drug-likeness (QED) is 0.756. The summed E-state index contributed by atoms with van der Waals surface area (Å²) in [7, 11) is 1.65. The molecule has 2 rings (SSSR count). The molecule has 1 fully saturated rings. The van der Waals surface area contributed by atoms with Crippen molar-refractivity contribution < 1.29 is 9.53 Å². The molecule has 0 radical (unpaired) electrons. The van der Waals surface area contributed by atoms with E-state index in [9.17, 15) is 4.79 Å². The Hall–Kier alpha value is -1.69. The number of carbonyl (C=O) groups is 1.